The predicted molar refractivity (Wildman–Crippen MR) is 79.2 cm³/mol. The minimum absolute atomic E-state index is 0.150. The van der Waals surface area contributed by atoms with E-state index in [-0.39, 0.29) is 29.7 Å². The van der Waals surface area contributed by atoms with Gasteiger partial charge in [-0.05, 0) is 24.3 Å². The molecule has 2 amide bonds. The fraction of sp³-hybridized carbons (Fsp3) is 0.385. The maximum atomic E-state index is 11.9. The molecule has 0 unspecified atom stereocenters. The van der Waals surface area contributed by atoms with Gasteiger partial charge in [0.05, 0.1) is 4.90 Å². The van der Waals surface area contributed by atoms with Crippen molar-refractivity contribution in [2.75, 3.05) is 26.0 Å². The van der Waals surface area contributed by atoms with Crippen molar-refractivity contribution in [2.45, 2.75) is 18.2 Å². The van der Waals surface area contributed by atoms with Crippen LogP contribution in [0, 0.1) is 0 Å². The summed E-state index contributed by atoms with van der Waals surface area (Å²) in [6.07, 6.45) is 0.150. The lowest BCUT2D eigenvalue weighted by Crippen LogP contribution is -2.25. The number of amides is 2. The Hall–Kier alpha value is -1.93. The number of nitrogens with one attached hydrogen (secondary N) is 2. The Morgan fingerprint density at radius 2 is 1.71 bits per heavy atom. The van der Waals surface area contributed by atoms with Gasteiger partial charge in [-0.1, -0.05) is 0 Å². The number of hydrogen-bond donors (Lipinski definition) is 2. The van der Waals surface area contributed by atoms with Crippen molar-refractivity contribution < 1.29 is 18.0 Å². The summed E-state index contributed by atoms with van der Waals surface area (Å²) in [4.78, 5) is 22.4. The molecule has 0 aliphatic heterocycles. The second-order valence-corrected chi connectivity index (χ2v) is 6.74. The summed E-state index contributed by atoms with van der Waals surface area (Å²) in [5.41, 5.74) is 0.500. The summed E-state index contributed by atoms with van der Waals surface area (Å²) >= 11 is 0. The molecule has 0 bridgehead atoms. The molecule has 0 aromatic heterocycles. The Labute approximate surface area is 124 Å². The van der Waals surface area contributed by atoms with E-state index in [1.54, 1.807) is 0 Å². The van der Waals surface area contributed by atoms with E-state index in [0.717, 1.165) is 4.31 Å². The molecule has 7 nitrogen and oxygen atoms in total. The van der Waals surface area contributed by atoms with Crippen LogP contribution < -0.4 is 10.6 Å². The highest BCUT2D eigenvalue weighted by molar-refractivity contribution is 7.89. The standard InChI is InChI=1S/C13H19N3O4S/c1-10(17)14-9-8-13(18)15-11-4-6-12(7-5-11)21(19,20)16(2)3/h4-7H,8-9H2,1-3H3,(H,14,17)(H,15,18). The number of sulfonamides is 1. The van der Waals surface area contributed by atoms with E-state index in [2.05, 4.69) is 10.6 Å². The van der Waals surface area contributed by atoms with Gasteiger partial charge in [-0.15, -0.1) is 0 Å². The number of carbonyl (C=O) groups excluding carboxylic acids is 2. The first-order valence-electron chi connectivity index (χ1n) is 6.30. The molecule has 0 aliphatic rings. The van der Waals surface area contributed by atoms with E-state index >= 15 is 0 Å². The SMILES string of the molecule is CC(=O)NCCC(=O)Nc1ccc(S(=O)(=O)N(C)C)cc1. The van der Waals surface area contributed by atoms with Crippen LogP contribution in [0.1, 0.15) is 13.3 Å². The largest absolute Gasteiger partial charge is 0.356 e. The van der Waals surface area contributed by atoms with Crippen LogP contribution >= 0.6 is 0 Å². The predicted octanol–water partition coefficient (Wildman–Crippen LogP) is 0.402. The molecule has 1 aromatic rings. The quantitative estimate of drug-likeness (QED) is 0.794. The highest BCUT2D eigenvalue weighted by Crippen LogP contribution is 2.16. The normalized spacial score (nSPS) is 11.2. The molecular formula is C13H19N3O4S. The zero-order valence-corrected chi connectivity index (χ0v) is 13.0. The monoisotopic (exact) mass is 313 g/mol. The molecule has 2 N–H and O–H groups in total. The maximum absolute atomic E-state index is 11.9. The van der Waals surface area contributed by atoms with Gasteiger partial charge in [0.2, 0.25) is 21.8 Å². The summed E-state index contributed by atoms with van der Waals surface area (Å²) in [6, 6.07) is 5.90. The van der Waals surface area contributed by atoms with Crippen LogP contribution in [-0.2, 0) is 19.6 Å². The van der Waals surface area contributed by atoms with Gasteiger partial charge in [0, 0.05) is 39.7 Å². The Morgan fingerprint density at radius 1 is 1.14 bits per heavy atom. The van der Waals surface area contributed by atoms with Crippen molar-refractivity contribution >= 4 is 27.5 Å². The summed E-state index contributed by atoms with van der Waals surface area (Å²) in [6.45, 7) is 1.63. The first-order chi connectivity index (χ1) is 9.73. The zero-order valence-electron chi connectivity index (χ0n) is 12.2. The maximum Gasteiger partial charge on any atom is 0.242 e. The number of anilines is 1. The molecule has 1 rings (SSSR count). The van der Waals surface area contributed by atoms with Crippen molar-refractivity contribution in [3.05, 3.63) is 24.3 Å². The molecule has 0 saturated heterocycles. The van der Waals surface area contributed by atoms with E-state index < -0.39 is 10.0 Å². The minimum atomic E-state index is -3.47. The van der Waals surface area contributed by atoms with Crippen LogP contribution in [0.4, 0.5) is 5.69 Å². The number of nitrogens with zero attached hydrogens (tertiary/aromatic N) is 1. The van der Waals surface area contributed by atoms with Gasteiger partial charge in [-0.25, -0.2) is 12.7 Å². The molecule has 1 aromatic carbocycles. The van der Waals surface area contributed by atoms with Crippen LogP contribution in [0.2, 0.25) is 0 Å². The van der Waals surface area contributed by atoms with E-state index in [4.69, 9.17) is 0 Å². The summed E-state index contributed by atoms with van der Waals surface area (Å²) < 4.78 is 24.9. The van der Waals surface area contributed by atoms with E-state index in [1.807, 2.05) is 0 Å². The smallest absolute Gasteiger partial charge is 0.242 e. The second kappa shape index (κ2) is 7.19. The highest BCUT2D eigenvalue weighted by Gasteiger charge is 2.16. The molecule has 0 heterocycles. The van der Waals surface area contributed by atoms with Crippen LogP contribution in [0.5, 0.6) is 0 Å². The van der Waals surface area contributed by atoms with Crippen molar-refractivity contribution in [3.8, 4) is 0 Å². The lowest BCUT2D eigenvalue weighted by atomic mass is 10.3. The van der Waals surface area contributed by atoms with E-state index in [9.17, 15) is 18.0 Å². The molecule has 8 heteroatoms. The molecule has 116 valence electrons. The van der Waals surface area contributed by atoms with Crippen molar-refractivity contribution in [1.82, 2.24) is 9.62 Å². The van der Waals surface area contributed by atoms with E-state index in [0.29, 0.717) is 5.69 Å². The molecule has 0 atom stereocenters. The number of rotatable bonds is 6. The fourth-order valence-corrected chi connectivity index (χ4v) is 2.40. The third-order valence-electron chi connectivity index (χ3n) is 2.64. The fourth-order valence-electron chi connectivity index (χ4n) is 1.50. The van der Waals surface area contributed by atoms with Crippen LogP contribution in [0.25, 0.3) is 0 Å². The highest BCUT2D eigenvalue weighted by atomic mass is 32.2. The summed E-state index contributed by atoms with van der Waals surface area (Å²) in [7, 11) is -0.570. The lowest BCUT2D eigenvalue weighted by molar-refractivity contribution is -0.119. The van der Waals surface area contributed by atoms with Crippen molar-refractivity contribution in [1.29, 1.82) is 0 Å². The van der Waals surface area contributed by atoms with Gasteiger partial charge in [0.15, 0.2) is 0 Å². The van der Waals surface area contributed by atoms with Crippen LogP contribution in [0.15, 0.2) is 29.2 Å². The molecular weight excluding hydrogens is 294 g/mol. The topological polar surface area (TPSA) is 95.6 Å². The number of hydrogen-bond acceptors (Lipinski definition) is 4. The summed E-state index contributed by atoms with van der Waals surface area (Å²) in [5.74, 6) is -0.451. The van der Waals surface area contributed by atoms with Crippen molar-refractivity contribution in [3.63, 3.8) is 0 Å². The first kappa shape index (κ1) is 17.1. The van der Waals surface area contributed by atoms with Crippen LogP contribution in [-0.4, -0.2) is 45.2 Å². The number of benzene rings is 1. The lowest BCUT2D eigenvalue weighted by Gasteiger charge is -2.12. The van der Waals surface area contributed by atoms with E-state index in [1.165, 1.54) is 45.3 Å². The molecule has 0 spiro atoms. The van der Waals surface area contributed by atoms with Gasteiger partial charge in [0.1, 0.15) is 0 Å². The Bertz CT molecular complexity index is 609. The first-order valence-corrected chi connectivity index (χ1v) is 7.74. The second-order valence-electron chi connectivity index (χ2n) is 4.59. The third kappa shape index (κ3) is 5.16. The Balaban J connectivity index is 2.63. The molecule has 0 aliphatic carbocycles. The van der Waals surface area contributed by atoms with Gasteiger partial charge < -0.3 is 10.6 Å². The Kier molecular flexibility index (Phi) is 5.86. The van der Waals surface area contributed by atoms with Gasteiger partial charge in [-0.2, -0.15) is 0 Å². The Morgan fingerprint density at radius 3 is 2.19 bits per heavy atom. The zero-order chi connectivity index (χ0) is 16.0. The molecule has 0 radical (unpaired) electrons. The van der Waals surface area contributed by atoms with Crippen LogP contribution in [0.3, 0.4) is 0 Å². The van der Waals surface area contributed by atoms with Gasteiger partial charge in [0.25, 0.3) is 0 Å². The minimum Gasteiger partial charge on any atom is -0.356 e. The number of carbonyl (C=O) groups is 2. The molecule has 21 heavy (non-hydrogen) atoms. The molecule has 0 fully saturated rings. The third-order valence-corrected chi connectivity index (χ3v) is 4.47. The van der Waals surface area contributed by atoms with Gasteiger partial charge >= 0.3 is 0 Å². The average molecular weight is 313 g/mol. The van der Waals surface area contributed by atoms with Crippen molar-refractivity contribution in [2.24, 2.45) is 0 Å². The van der Waals surface area contributed by atoms with Gasteiger partial charge in [-0.3, -0.25) is 9.59 Å². The average Bonchev–Trinajstić information content (AvgIpc) is 2.38. The summed E-state index contributed by atoms with van der Waals surface area (Å²) in [5, 5.41) is 5.14. The molecule has 0 saturated carbocycles.